The molecule has 1 atom stereocenters. The van der Waals surface area contributed by atoms with E-state index in [0.29, 0.717) is 25.2 Å². The predicted octanol–water partition coefficient (Wildman–Crippen LogP) is 3.06. The number of amides is 2. The molecule has 28 heavy (non-hydrogen) atoms. The Kier molecular flexibility index (Phi) is 4.50. The standard InChI is InChI=1S/C21H22N4O3/c1-14-12-24(9-10-25(14)21(27)28)20(26)16-5-3-15(4-6-16)17-7-8-19-18(11-17)22-13-23(19)2/h3-8,11,13-14H,9-10,12H2,1-2H3,(H,27,28)/t14-/m1/s1. The number of fused-ring (bicyclic) bond motifs is 1. The van der Waals surface area contributed by atoms with Crippen LogP contribution in [0.4, 0.5) is 4.79 Å². The maximum absolute atomic E-state index is 12.8. The smallest absolute Gasteiger partial charge is 0.407 e. The second kappa shape index (κ2) is 6.99. The van der Waals surface area contributed by atoms with E-state index in [1.54, 1.807) is 11.2 Å². The van der Waals surface area contributed by atoms with E-state index in [-0.39, 0.29) is 11.9 Å². The summed E-state index contributed by atoms with van der Waals surface area (Å²) in [6, 6.07) is 13.5. The van der Waals surface area contributed by atoms with Crippen molar-refractivity contribution in [1.29, 1.82) is 0 Å². The van der Waals surface area contributed by atoms with Crippen LogP contribution in [0.5, 0.6) is 0 Å². The molecule has 1 N–H and O–H groups in total. The summed E-state index contributed by atoms with van der Waals surface area (Å²) >= 11 is 0. The van der Waals surface area contributed by atoms with Crippen LogP contribution in [-0.2, 0) is 7.05 Å². The number of piperazine rings is 1. The normalized spacial score (nSPS) is 17.1. The van der Waals surface area contributed by atoms with Crippen LogP contribution in [0.3, 0.4) is 0 Å². The molecule has 0 spiro atoms. The van der Waals surface area contributed by atoms with Gasteiger partial charge in [0.15, 0.2) is 0 Å². The van der Waals surface area contributed by atoms with Crippen LogP contribution in [0.1, 0.15) is 17.3 Å². The van der Waals surface area contributed by atoms with Crippen LogP contribution >= 0.6 is 0 Å². The van der Waals surface area contributed by atoms with Gasteiger partial charge in [0.2, 0.25) is 0 Å². The maximum atomic E-state index is 12.8. The first-order chi connectivity index (χ1) is 13.4. The molecular weight excluding hydrogens is 356 g/mol. The van der Waals surface area contributed by atoms with Gasteiger partial charge in [-0.25, -0.2) is 9.78 Å². The number of rotatable bonds is 2. The minimum atomic E-state index is -0.936. The van der Waals surface area contributed by atoms with Crippen molar-refractivity contribution in [3.8, 4) is 11.1 Å². The largest absolute Gasteiger partial charge is 0.465 e. The molecule has 1 aliphatic rings. The fourth-order valence-electron chi connectivity index (χ4n) is 3.73. The number of carbonyl (C=O) groups excluding carboxylic acids is 1. The van der Waals surface area contributed by atoms with Crippen molar-refractivity contribution in [2.45, 2.75) is 13.0 Å². The van der Waals surface area contributed by atoms with Gasteiger partial charge in [0.1, 0.15) is 0 Å². The Morgan fingerprint density at radius 3 is 2.46 bits per heavy atom. The number of aromatic nitrogens is 2. The molecule has 2 aromatic carbocycles. The first kappa shape index (κ1) is 18.0. The monoisotopic (exact) mass is 378 g/mol. The molecule has 7 nitrogen and oxygen atoms in total. The summed E-state index contributed by atoms with van der Waals surface area (Å²) in [5, 5.41) is 9.17. The Bertz CT molecular complexity index is 1040. The van der Waals surface area contributed by atoms with Crippen molar-refractivity contribution < 1.29 is 14.7 Å². The molecule has 2 amide bonds. The third kappa shape index (κ3) is 3.19. The minimum absolute atomic E-state index is 0.0661. The number of benzene rings is 2. The van der Waals surface area contributed by atoms with E-state index in [9.17, 15) is 14.7 Å². The lowest BCUT2D eigenvalue weighted by molar-refractivity contribution is 0.0507. The highest BCUT2D eigenvalue weighted by Crippen LogP contribution is 2.24. The van der Waals surface area contributed by atoms with Crippen molar-refractivity contribution in [2.24, 2.45) is 7.05 Å². The molecule has 0 radical (unpaired) electrons. The lowest BCUT2D eigenvalue weighted by Crippen LogP contribution is -2.55. The van der Waals surface area contributed by atoms with Gasteiger partial charge in [-0.2, -0.15) is 0 Å². The first-order valence-corrected chi connectivity index (χ1v) is 9.24. The molecule has 7 heteroatoms. The average molecular weight is 378 g/mol. The molecule has 1 fully saturated rings. The Labute approximate surface area is 162 Å². The Morgan fingerprint density at radius 2 is 1.79 bits per heavy atom. The second-order valence-electron chi connectivity index (χ2n) is 7.21. The molecule has 2 heterocycles. The van der Waals surface area contributed by atoms with Crippen molar-refractivity contribution in [2.75, 3.05) is 19.6 Å². The zero-order chi connectivity index (χ0) is 19.8. The predicted molar refractivity (Wildman–Crippen MR) is 106 cm³/mol. The van der Waals surface area contributed by atoms with Gasteiger partial charge in [0.25, 0.3) is 5.91 Å². The summed E-state index contributed by atoms with van der Waals surface area (Å²) < 4.78 is 1.98. The van der Waals surface area contributed by atoms with Crippen LogP contribution in [0.25, 0.3) is 22.2 Å². The van der Waals surface area contributed by atoms with Crippen molar-refractivity contribution in [3.63, 3.8) is 0 Å². The Balaban J connectivity index is 1.51. The second-order valence-corrected chi connectivity index (χ2v) is 7.21. The molecule has 1 aliphatic heterocycles. The van der Waals surface area contributed by atoms with Gasteiger partial charge >= 0.3 is 6.09 Å². The quantitative estimate of drug-likeness (QED) is 0.743. The van der Waals surface area contributed by atoms with Crippen molar-refractivity contribution in [1.82, 2.24) is 19.4 Å². The molecule has 1 aromatic heterocycles. The van der Waals surface area contributed by atoms with Crippen LogP contribution in [0.2, 0.25) is 0 Å². The maximum Gasteiger partial charge on any atom is 0.407 e. The summed E-state index contributed by atoms with van der Waals surface area (Å²) in [6.45, 7) is 2.98. The molecule has 0 bridgehead atoms. The number of carbonyl (C=O) groups is 2. The Hall–Kier alpha value is -3.35. The van der Waals surface area contributed by atoms with E-state index in [4.69, 9.17) is 0 Å². The zero-order valence-corrected chi connectivity index (χ0v) is 15.9. The molecule has 4 rings (SSSR count). The fraction of sp³-hybridized carbons (Fsp3) is 0.286. The summed E-state index contributed by atoms with van der Waals surface area (Å²) in [5.74, 6) is -0.0661. The van der Waals surface area contributed by atoms with E-state index in [2.05, 4.69) is 4.98 Å². The zero-order valence-electron chi connectivity index (χ0n) is 15.9. The summed E-state index contributed by atoms with van der Waals surface area (Å²) in [4.78, 5) is 31.5. The van der Waals surface area contributed by atoms with Gasteiger partial charge in [0, 0.05) is 38.3 Å². The van der Waals surface area contributed by atoms with E-state index in [0.717, 1.165) is 22.2 Å². The number of hydrogen-bond donors (Lipinski definition) is 1. The summed E-state index contributed by atoms with van der Waals surface area (Å²) in [5.41, 5.74) is 4.69. The third-order valence-electron chi connectivity index (χ3n) is 5.35. The van der Waals surface area contributed by atoms with Gasteiger partial charge in [-0.15, -0.1) is 0 Å². The highest BCUT2D eigenvalue weighted by molar-refractivity contribution is 5.95. The Morgan fingerprint density at radius 1 is 1.07 bits per heavy atom. The number of aryl methyl sites for hydroxylation is 1. The third-order valence-corrected chi connectivity index (χ3v) is 5.35. The molecule has 1 saturated heterocycles. The number of hydrogen-bond acceptors (Lipinski definition) is 3. The van der Waals surface area contributed by atoms with Gasteiger partial charge in [-0.05, 0) is 42.3 Å². The molecule has 0 saturated carbocycles. The number of nitrogens with zero attached hydrogens (tertiary/aromatic N) is 4. The van der Waals surface area contributed by atoms with E-state index < -0.39 is 6.09 Å². The van der Waals surface area contributed by atoms with Gasteiger partial charge in [-0.1, -0.05) is 18.2 Å². The molecule has 0 aliphatic carbocycles. The average Bonchev–Trinajstić information content (AvgIpc) is 3.07. The number of imidazole rings is 1. The lowest BCUT2D eigenvalue weighted by Gasteiger charge is -2.38. The topological polar surface area (TPSA) is 78.7 Å². The van der Waals surface area contributed by atoms with Crippen LogP contribution in [-0.4, -0.2) is 62.1 Å². The summed E-state index contributed by atoms with van der Waals surface area (Å²) in [6.07, 6.45) is 0.857. The lowest BCUT2D eigenvalue weighted by atomic mass is 10.0. The van der Waals surface area contributed by atoms with Crippen molar-refractivity contribution in [3.05, 3.63) is 54.4 Å². The minimum Gasteiger partial charge on any atom is -0.465 e. The SMILES string of the molecule is C[C@@H]1CN(C(=O)c2ccc(-c3ccc4c(c3)ncn4C)cc2)CCN1C(=O)O. The summed E-state index contributed by atoms with van der Waals surface area (Å²) in [7, 11) is 1.96. The molecule has 0 unspecified atom stereocenters. The van der Waals surface area contributed by atoms with E-state index in [1.165, 1.54) is 4.90 Å². The van der Waals surface area contributed by atoms with Gasteiger partial charge in [0.05, 0.1) is 17.4 Å². The first-order valence-electron chi connectivity index (χ1n) is 9.24. The van der Waals surface area contributed by atoms with E-state index >= 15 is 0 Å². The van der Waals surface area contributed by atoms with E-state index in [1.807, 2.05) is 61.0 Å². The van der Waals surface area contributed by atoms with Crippen LogP contribution in [0.15, 0.2) is 48.8 Å². The van der Waals surface area contributed by atoms with Crippen LogP contribution < -0.4 is 0 Å². The highest BCUT2D eigenvalue weighted by atomic mass is 16.4. The molecular formula is C21H22N4O3. The van der Waals surface area contributed by atoms with Crippen molar-refractivity contribution >= 4 is 23.0 Å². The number of carboxylic acid groups (broad SMARTS) is 1. The van der Waals surface area contributed by atoms with Gasteiger partial charge < -0.3 is 19.5 Å². The highest BCUT2D eigenvalue weighted by Gasteiger charge is 2.29. The van der Waals surface area contributed by atoms with Crippen LogP contribution in [0, 0.1) is 0 Å². The fourth-order valence-corrected chi connectivity index (χ4v) is 3.73. The molecule has 144 valence electrons. The molecule has 3 aromatic rings. The van der Waals surface area contributed by atoms with Gasteiger partial charge in [-0.3, -0.25) is 4.79 Å².